The number of likely N-dealkylation sites (tertiary alicyclic amines) is 1. The molecule has 1 aliphatic heterocycles. The zero-order valence-electron chi connectivity index (χ0n) is 14.2. The van der Waals surface area contributed by atoms with Crippen molar-refractivity contribution in [3.63, 3.8) is 0 Å². The molecule has 0 spiro atoms. The molecule has 2 heterocycles. The van der Waals surface area contributed by atoms with E-state index >= 15 is 0 Å². The van der Waals surface area contributed by atoms with Gasteiger partial charge in [0.1, 0.15) is 5.76 Å². The maximum absolute atomic E-state index is 12.5. The lowest BCUT2D eigenvalue weighted by atomic mass is 9.89. The molecule has 3 aliphatic rings. The van der Waals surface area contributed by atoms with Gasteiger partial charge in [0.05, 0.1) is 17.9 Å². The van der Waals surface area contributed by atoms with E-state index in [-0.39, 0.29) is 18.1 Å². The standard InChI is InChI=1S/C19H28N2O3/c22-17-4-2-1-3-16(17)21-10-7-14(8-11-21)20-19(23)15-9-12-24-18(15)13-5-6-13/h9,12-14,16-17,22H,1-8,10-11H2,(H,20,23). The van der Waals surface area contributed by atoms with Gasteiger partial charge in [0, 0.05) is 31.1 Å². The Hall–Kier alpha value is -1.33. The highest BCUT2D eigenvalue weighted by atomic mass is 16.3. The number of rotatable bonds is 4. The van der Waals surface area contributed by atoms with Crippen LogP contribution in [0.5, 0.6) is 0 Å². The topological polar surface area (TPSA) is 65.7 Å². The third-order valence-electron chi connectivity index (χ3n) is 5.92. The fourth-order valence-electron chi connectivity index (χ4n) is 4.33. The highest BCUT2D eigenvalue weighted by molar-refractivity contribution is 5.95. The predicted octanol–water partition coefficient (Wildman–Crippen LogP) is 2.65. The first-order valence-electron chi connectivity index (χ1n) is 9.52. The Morgan fingerprint density at radius 2 is 1.88 bits per heavy atom. The van der Waals surface area contributed by atoms with Gasteiger partial charge in [-0.25, -0.2) is 0 Å². The molecular weight excluding hydrogens is 304 g/mol. The van der Waals surface area contributed by atoms with E-state index in [2.05, 4.69) is 10.2 Å². The first-order valence-corrected chi connectivity index (χ1v) is 9.52. The van der Waals surface area contributed by atoms with Crippen molar-refractivity contribution in [2.24, 2.45) is 0 Å². The minimum Gasteiger partial charge on any atom is -0.468 e. The Kier molecular flexibility index (Phi) is 4.63. The normalized spacial score (nSPS) is 29.5. The molecule has 2 unspecified atom stereocenters. The molecule has 0 radical (unpaired) electrons. The summed E-state index contributed by atoms with van der Waals surface area (Å²) in [5, 5.41) is 13.4. The summed E-state index contributed by atoms with van der Waals surface area (Å²) in [6.45, 7) is 1.93. The van der Waals surface area contributed by atoms with Crippen LogP contribution in [0.25, 0.3) is 0 Å². The summed E-state index contributed by atoms with van der Waals surface area (Å²) >= 11 is 0. The molecule has 5 heteroatoms. The van der Waals surface area contributed by atoms with Crippen molar-refractivity contribution in [3.8, 4) is 0 Å². The summed E-state index contributed by atoms with van der Waals surface area (Å²) < 4.78 is 5.51. The molecule has 1 saturated heterocycles. The molecule has 3 fully saturated rings. The van der Waals surface area contributed by atoms with E-state index in [4.69, 9.17) is 4.42 Å². The van der Waals surface area contributed by atoms with E-state index in [1.54, 1.807) is 12.3 Å². The SMILES string of the molecule is O=C(NC1CCN(C2CCCCC2O)CC1)c1ccoc1C1CC1. The highest BCUT2D eigenvalue weighted by Crippen LogP contribution is 2.42. The predicted molar refractivity (Wildman–Crippen MR) is 91.0 cm³/mol. The summed E-state index contributed by atoms with van der Waals surface area (Å²) in [7, 11) is 0. The number of furan rings is 1. The van der Waals surface area contributed by atoms with Gasteiger partial charge in [-0.05, 0) is 44.6 Å². The largest absolute Gasteiger partial charge is 0.468 e. The minimum absolute atomic E-state index is 0.0156. The fourth-order valence-corrected chi connectivity index (χ4v) is 4.33. The third-order valence-corrected chi connectivity index (χ3v) is 5.92. The van der Waals surface area contributed by atoms with Crippen LogP contribution >= 0.6 is 0 Å². The number of nitrogens with one attached hydrogen (secondary N) is 1. The van der Waals surface area contributed by atoms with Gasteiger partial charge in [0.2, 0.25) is 0 Å². The van der Waals surface area contributed by atoms with Gasteiger partial charge in [-0.15, -0.1) is 0 Å². The number of hydrogen-bond donors (Lipinski definition) is 2. The number of nitrogens with zero attached hydrogens (tertiary/aromatic N) is 1. The van der Waals surface area contributed by atoms with Crippen LogP contribution in [0.15, 0.2) is 16.7 Å². The van der Waals surface area contributed by atoms with Crippen LogP contribution in [0.1, 0.15) is 73.4 Å². The quantitative estimate of drug-likeness (QED) is 0.890. The summed E-state index contributed by atoms with van der Waals surface area (Å²) in [6.07, 6.45) is 10.1. The molecule has 5 nitrogen and oxygen atoms in total. The van der Waals surface area contributed by atoms with Gasteiger partial charge in [-0.3, -0.25) is 9.69 Å². The molecule has 24 heavy (non-hydrogen) atoms. The van der Waals surface area contributed by atoms with Gasteiger partial charge in [-0.1, -0.05) is 12.8 Å². The third kappa shape index (κ3) is 3.38. The maximum Gasteiger partial charge on any atom is 0.255 e. The maximum atomic E-state index is 12.5. The van der Waals surface area contributed by atoms with E-state index in [0.717, 1.165) is 69.4 Å². The monoisotopic (exact) mass is 332 g/mol. The Balaban J connectivity index is 1.30. The van der Waals surface area contributed by atoms with Crippen LogP contribution in [0.2, 0.25) is 0 Å². The van der Waals surface area contributed by atoms with Gasteiger partial charge in [0.15, 0.2) is 0 Å². The van der Waals surface area contributed by atoms with Crippen LogP contribution in [0.4, 0.5) is 0 Å². The molecule has 2 N–H and O–H groups in total. The second kappa shape index (κ2) is 6.89. The number of hydrogen-bond acceptors (Lipinski definition) is 4. The van der Waals surface area contributed by atoms with E-state index in [9.17, 15) is 9.90 Å². The molecule has 4 rings (SSSR count). The average Bonchev–Trinajstić information content (AvgIpc) is 3.32. The fraction of sp³-hybridized carbons (Fsp3) is 0.737. The number of carbonyl (C=O) groups excluding carboxylic acids is 1. The number of carbonyl (C=O) groups is 1. The van der Waals surface area contributed by atoms with Crippen molar-refractivity contribution in [3.05, 3.63) is 23.7 Å². The summed E-state index contributed by atoms with van der Waals surface area (Å²) in [5.41, 5.74) is 0.725. The van der Waals surface area contributed by atoms with E-state index in [0.29, 0.717) is 12.0 Å². The molecule has 2 saturated carbocycles. The second-order valence-electron chi connectivity index (χ2n) is 7.68. The molecule has 0 bridgehead atoms. The van der Waals surface area contributed by atoms with E-state index in [1.165, 1.54) is 6.42 Å². The van der Waals surface area contributed by atoms with Gasteiger partial charge >= 0.3 is 0 Å². The van der Waals surface area contributed by atoms with Crippen molar-refractivity contribution in [1.29, 1.82) is 0 Å². The summed E-state index contributed by atoms with van der Waals surface area (Å²) in [4.78, 5) is 15.0. The molecule has 1 amide bonds. The lowest BCUT2D eigenvalue weighted by Gasteiger charge is -2.41. The van der Waals surface area contributed by atoms with Crippen molar-refractivity contribution in [1.82, 2.24) is 10.2 Å². The average molecular weight is 332 g/mol. The molecule has 132 valence electrons. The second-order valence-corrected chi connectivity index (χ2v) is 7.68. The first kappa shape index (κ1) is 16.2. The molecule has 2 aliphatic carbocycles. The molecule has 1 aromatic heterocycles. The molecule has 0 aromatic carbocycles. The van der Waals surface area contributed by atoms with E-state index in [1.807, 2.05) is 0 Å². The van der Waals surface area contributed by atoms with Crippen LogP contribution in [0, 0.1) is 0 Å². The lowest BCUT2D eigenvalue weighted by molar-refractivity contribution is 0.00727. The number of amides is 1. The van der Waals surface area contributed by atoms with E-state index < -0.39 is 0 Å². The van der Waals surface area contributed by atoms with Gasteiger partial charge < -0.3 is 14.8 Å². The molecule has 2 atom stereocenters. The van der Waals surface area contributed by atoms with Gasteiger partial charge in [-0.2, -0.15) is 0 Å². The molecular formula is C19H28N2O3. The lowest BCUT2D eigenvalue weighted by Crippen LogP contribution is -2.52. The Bertz CT molecular complexity index is 573. The number of aliphatic hydroxyl groups excluding tert-OH is 1. The zero-order chi connectivity index (χ0) is 16.5. The van der Waals surface area contributed by atoms with Crippen molar-refractivity contribution < 1.29 is 14.3 Å². The Morgan fingerprint density at radius 3 is 2.58 bits per heavy atom. The number of piperidine rings is 1. The zero-order valence-corrected chi connectivity index (χ0v) is 14.2. The van der Waals surface area contributed by atoms with Crippen LogP contribution in [0.3, 0.4) is 0 Å². The highest BCUT2D eigenvalue weighted by Gasteiger charge is 2.34. The van der Waals surface area contributed by atoms with Gasteiger partial charge in [0.25, 0.3) is 5.91 Å². The van der Waals surface area contributed by atoms with Crippen molar-refractivity contribution >= 4 is 5.91 Å². The Labute approximate surface area is 143 Å². The first-order chi connectivity index (χ1) is 11.7. The number of aliphatic hydroxyl groups is 1. The van der Waals surface area contributed by atoms with Crippen LogP contribution < -0.4 is 5.32 Å². The van der Waals surface area contributed by atoms with Crippen molar-refractivity contribution in [2.45, 2.75) is 75.5 Å². The van der Waals surface area contributed by atoms with Crippen molar-refractivity contribution in [2.75, 3.05) is 13.1 Å². The van der Waals surface area contributed by atoms with Crippen LogP contribution in [-0.2, 0) is 0 Å². The summed E-state index contributed by atoms with van der Waals surface area (Å²) in [6, 6.07) is 2.36. The smallest absolute Gasteiger partial charge is 0.255 e. The molecule has 1 aromatic rings. The summed E-state index contributed by atoms with van der Waals surface area (Å²) in [5.74, 6) is 1.34. The Morgan fingerprint density at radius 1 is 1.12 bits per heavy atom. The minimum atomic E-state index is -0.170. The van der Waals surface area contributed by atoms with Crippen LogP contribution in [-0.4, -0.2) is 47.2 Å².